The van der Waals surface area contributed by atoms with Crippen LogP contribution in [-0.2, 0) is 19.9 Å². The van der Waals surface area contributed by atoms with Crippen LogP contribution in [0.1, 0.15) is 18.4 Å². The van der Waals surface area contributed by atoms with Crippen LogP contribution >= 0.6 is 11.6 Å². The minimum absolute atomic E-state index is 0.316. The molecule has 3 rings (SSSR count). The molecule has 0 unspecified atom stereocenters. The lowest BCUT2D eigenvalue weighted by Gasteiger charge is -2.07. The largest absolute Gasteiger partial charge is 0.293 e. The first kappa shape index (κ1) is 14.1. The first-order valence-corrected chi connectivity index (χ1v) is 7.43. The summed E-state index contributed by atoms with van der Waals surface area (Å²) in [6, 6.07) is 4.99. The van der Waals surface area contributed by atoms with Crippen LogP contribution in [0.5, 0.6) is 0 Å². The van der Waals surface area contributed by atoms with E-state index in [1.54, 1.807) is 10.7 Å². The van der Waals surface area contributed by atoms with Crippen LogP contribution in [0.3, 0.4) is 0 Å². The van der Waals surface area contributed by atoms with E-state index in [0.717, 1.165) is 29.1 Å². The van der Waals surface area contributed by atoms with Crippen molar-refractivity contribution in [2.24, 2.45) is 7.05 Å². The molecule has 110 valence electrons. The Hall–Kier alpha value is -1.88. The summed E-state index contributed by atoms with van der Waals surface area (Å²) in [4.78, 5) is 4.43. The van der Waals surface area contributed by atoms with Crippen LogP contribution in [0.4, 0.5) is 4.39 Å². The van der Waals surface area contributed by atoms with Gasteiger partial charge in [0.2, 0.25) is 0 Å². The highest BCUT2D eigenvalue weighted by atomic mass is 35.5. The summed E-state index contributed by atoms with van der Waals surface area (Å²) in [6.45, 7) is 2.05. The van der Waals surface area contributed by atoms with E-state index in [1.165, 1.54) is 6.07 Å². The number of aromatic nitrogens is 4. The Balaban J connectivity index is 2.33. The average Bonchev–Trinajstić information content (AvgIpc) is 3.00. The monoisotopic (exact) mass is 306 g/mol. The van der Waals surface area contributed by atoms with Gasteiger partial charge in [-0.1, -0.05) is 13.0 Å². The van der Waals surface area contributed by atoms with Gasteiger partial charge in [-0.15, -0.1) is 11.6 Å². The standard InChI is InChI=1S/C15H16ClFN4/c1-3-11-13(9-20(2)19-11)21-12-6-4-5-10(17)15(12)18-14(21)7-8-16/h4-6,9H,3,7-8H2,1-2H3. The average molecular weight is 307 g/mol. The van der Waals surface area contributed by atoms with Crippen LogP contribution in [0, 0.1) is 5.82 Å². The third kappa shape index (κ3) is 2.31. The maximum atomic E-state index is 14.0. The zero-order valence-corrected chi connectivity index (χ0v) is 12.7. The van der Waals surface area contributed by atoms with Crippen molar-refractivity contribution >= 4 is 22.6 Å². The molecule has 2 heterocycles. The van der Waals surface area contributed by atoms with Gasteiger partial charge in [0.15, 0.2) is 5.82 Å². The van der Waals surface area contributed by atoms with Gasteiger partial charge in [0.25, 0.3) is 0 Å². The summed E-state index contributed by atoms with van der Waals surface area (Å²) in [5, 5.41) is 4.46. The van der Waals surface area contributed by atoms with E-state index in [2.05, 4.69) is 10.1 Å². The molecule has 0 bridgehead atoms. The molecule has 3 aromatic rings. The van der Waals surface area contributed by atoms with Crippen LogP contribution in [0.25, 0.3) is 16.7 Å². The second-order valence-corrected chi connectivity index (χ2v) is 5.28. The summed E-state index contributed by atoms with van der Waals surface area (Å²) >= 11 is 5.87. The molecule has 0 radical (unpaired) electrons. The number of para-hydroxylation sites is 1. The predicted molar refractivity (Wildman–Crippen MR) is 81.6 cm³/mol. The fraction of sp³-hybridized carbons (Fsp3) is 0.333. The molecule has 6 heteroatoms. The minimum atomic E-state index is -0.316. The third-order valence-corrected chi connectivity index (χ3v) is 3.67. The maximum absolute atomic E-state index is 14.0. The van der Waals surface area contributed by atoms with Crippen molar-refractivity contribution in [2.45, 2.75) is 19.8 Å². The van der Waals surface area contributed by atoms with E-state index in [4.69, 9.17) is 11.6 Å². The molecule has 0 saturated carbocycles. The fourth-order valence-electron chi connectivity index (χ4n) is 2.59. The van der Waals surface area contributed by atoms with Crippen LogP contribution in [0.2, 0.25) is 0 Å². The Morgan fingerprint density at radius 2 is 2.14 bits per heavy atom. The highest BCUT2D eigenvalue weighted by Crippen LogP contribution is 2.26. The molecule has 0 aliphatic rings. The molecule has 2 aromatic heterocycles. The van der Waals surface area contributed by atoms with Gasteiger partial charge in [-0.3, -0.25) is 9.25 Å². The van der Waals surface area contributed by atoms with Gasteiger partial charge >= 0.3 is 0 Å². The smallest absolute Gasteiger partial charge is 0.151 e. The SMILES string of the molecule is CCc1nn(C)cc1-n1c(CCCl)nc2c(F)cccc21. The maximum Gasteiger partial charge on any atom is 0.151 e. The second-order valence-electron chi connectivity index (χ2n) is 4.90. The van der Waals surface area contributed by atoms with Gasteiger partial charge in [0.05, 0.1) is 16.9 Å². The first-order valence-electron chi connectivity index (χ1n) is 6.90. The first-order chi connectivity index (χ1) is 10.2. The molecular weight excluding hydrogens is 291 g/mol. The fourth-order valence-corrected chi connectivity index (χ4v) is 2.76. The molecule has 0 spiro atoms. The molecule has 0 atom stereocenters. The highest BCUT2D eigenvalue weighted by Gasteiger charge is 2.18. The van der Waals surface area contributed by atoms with Gasteiger partial charge in [0, 0.05) is 25.5 Å². The van der Waals surface area contributed by atoms with Crippen molar-refractivity contribution < 1.29 is 4.39 Å². The van der Waals surface area contributed by atoms with Crippen molar-refractivity contribution in [2.75, 3.05) is 5.88 Å². The summed E-state index contributed by atoms with van der Waals surface area (Å²) in [6.07, 6.45) is 3.31. The van der Waals surface area contributed by atoms with E-state index in [0.29, 0.717) is 17.8 Å². The predicted octanol–water partition coefficient (Wildman–Crippen LogP) is 3.24. The molecule has 0 N–H and O–H groups in total. The van der Waals surface area contributed by atoms with Gasteiger partial charge in [0.1, 0.15) is 11.3 Å². The zero-order valence-electron chi connectivity index (χ0n) is 12.0. The molecular formula is C15H16ClFN4. The summed E-state index contributed by atoms with van der Waals surface area (Å²) < 4.78 is 17.7. The van der Waals surface area contributed by atoms with E-state index in [-0.39, 0.29) is 5.82 Å². The van der Waals surface area contributed by atoms with E-state index in [9.17, 15) is 4.39 Å². The quantitative estimate of drug-likeness (QED) is 0.694. The Kier molecular flexibility index (Phi) is 3.68. The van der Waals surface area contributed by atoms with E-state index < -0.39 is 0 Å². The molecule has 0 aliphatic carbocycles. The van der Waals surface area contributed by atoms with E-state index >= 15 is 0 Å². The number of alkyl halides is 1. The summed E-state index contributed by atoms with van der Waals surface area (Å²) in [5.74, 6) is 0.879. The van der Waals surface area contributed by atoms with Crippen molar-refractivity contribution in [1.82, 2.24) is 19.3 Å². The third-order valence-electron chi connectivity index (χ3n) is 3.48. The summed E-state index contributed by atoms with van der Waals surface area (Å²) in [5.41, 5.74) is 3.02. The van der Waals surface area contributed by atoms with Crippen molar-refractivity contribution in [3.63, 3.8) is 0 Å². The number of halogens is 2. The lowest BCUT2D eigenvalue weighted by molar-refractivity contribution is 0.637. The number of imidazole rings is 1. The van der Waals surface area contributed by atoms with Gasteiger partial charge < -0.3 is 0 Å². The van der Waals surface area contributed by atoms with Gasteiger partial charge in [-0.05, 0) is 18.6 Å². The molecule has 0 amide bonds. The lowest BCUT2D eigenvalue weighted by Crippen LogP contribution is -2.03. The highest BCUT2D eigenvalue weighted by molar-refractivity contribution is 6.17. The molecule has 21 heavy (non-hydrogen) atoms. The Morgan fingerprint density at radius 1 is 1.33 bits per heavy atom. The molecule has 1 aromatic carbocycles. The van der Waals surface area contributed by atoms with Crippen molar-refractivity contribution in [3.8, 4) is 5.69 Å². The second kappa shape index (κ2) is 5.48. The van der Waals surface area contributed by atoms with Gasteiger partial charge in [-0.25, -0.2) is 9.37 Å². The lowest BCUT2D eigenvalue weighted by atomic mass is 10.2. The topological polar surface area (TPSA) is 35.6 Å². The summed E-state index contributed by atoms with van der Waals surface area (Å²) in [7, 11) is 1.88. The van der Waals surface area contributed by atoms with Crippen LogP contribution < -0.4 is 0 Å². The van der Waals surface area contributed by atoms with Crippen molar-refractivity contribution in [1.29, 1.82) is 0 Å². The number of rotatable bonds is 4. The Bertz CT molecular complexity index is 790. The Labute approximate surface area is 127 Å². The van der Waals surface area contributed by atoms with Crippen LogP contribution in [0.15, 0.2) is 24.4 Å². The van der Waals surface area contributed by atoms with Gasteiger partial charge in [-0.2, -0.15) is 5.10 Å². The van der Waals surface area contributed by atoms with Crippen molar-refractivity contribution in [3.05, 3.63) is 41.7 Å². The molecule has 4 nitrogen and oxygen atoms in total. The number of hydrogen-bond donors (Lipinski definition) is 0. The number of nitrogens with zero attached hydrogens (tertiary/aromatic N) is 4. The van der Waals surface area contributed by atoms with E-state index in [1.807, 2.05) is 30.8 Å². The minimum Gasteiger partial charge on any atom is -0.293 e. The number of benzene rings is 1. The zero-order chi connectivity index (χ0) is 15.0. The number of fused-ring (bicyclic) bond motifs is 1. The number of aryl methyl sites for hydroxylation is 3. The molecule has 0 saturated heterocycles. The Morgan fingerprint density at radius 3 is 2.86 bits per heavy atom. The number of hydrogen-bond acceptors (Lipinski definition) is 2. The van der Waals surface area contributed by atoms with Crippen LogP contribution in [-0.4, -0.2) is 25.2 Å². The molecule has 0 fully saturated rings. The normalized spacial score (nSPS) is 11.4. The molecule has 0 aliphatic heterocycles.